The van der Waals surface area contributed by atoms with Crippen LogP contribution >= 0.6 is 7.82 Å². The van der Waals surface area contributed by atoms with Gasteiger partial charge in [0.25, 0.3) is 0 Å². The molecule has 0 heterocycles. The molecule has 0 bridgehead atoms. The zero-order valence-electron chi connectivity index (χ0n) is 46.1. The molecule has 0 rings (SSSR count). The third kappa shape index (κ3) is 52.1. The molecular weight excluding hydrogens is 928 g/mol. The van der Waals surface area contributed by atoms with Gasteiger partial charge in [-0.25, -0.2) is 4.57 Å². The first-order valence-electron chi connectivity index (χ1n) is 29.2. The number of hydrogen-bond acceptors (Lipinski definition) is 10. The fourth-order valence-corrected chi connectivity index (χ4v) is 8.78. The Morgan fingerprint density at radius 2 is 0.750 bits per heavy atom. The summed E-state index contributed by atoms with van der Waals surface area (Å²) in [6.45, 7) is 4.44. The summed E-state index contributed by atoms with van der Waals surface area (Å²) < 4.78 is 39.5. The van der Waals surface area contributed by atoms with Crippen molar-refractivity contribution < 1.29 is 52.2 Å². The number of hydrogen-bond donors (Lipinski definition) is 2. The third-order valence-electron chi connectivity index (χ3n) is 12.4. The molecular formula is C60H107O11P. The molecule has 0 saturated carbocycles. The molecule has 12 heteroatoms. The number of esters is 3. The van der Waals surface area contributed by atoms with Crippen LogP contribution in [0.1, 0.15) is 265 Å². The normalized spacial score (nSPS) is 13.8. The van der Waals surface area contributed by atoms with Gasteiger partial charge in [-0.05, 0) is 77.0 Å². The van der Waals surface area contributed by atoms with Crippen LogP contribution in [0.2, 0.25) is 0 Å². The Balaban J connectivity index is 4.71. The Morgan fingerprint density at radius 1 is 0.403 bits per heavy atom. The number of phosphoric acid groups is 1. The van der Waals surface area contributed by atoms with Crippen molar-refractivity contribution in [3.63, 3.8) is 0 Å². The van der Waals surface area contributed by atoms with E-state index in [0.29, 0.717) is 19.3 Å². The Kier molecular flexibility index (Phi) is 52.3. The van der Waals surface area contributed by atoms with Gasteiger partial charge >= 0.3 is 25.7 Å². The maximum atomic E-state index is 12.9. The van der Waals surface area contributed by atoms with Crippen LogP contribution in [0.5, 0.6) is 0 Å². The molecule has 0 amide bonds. The summed E-state index contributed by atoms with van der Waals surface area (Å²) in [5.74, 6) is -1.50. The molecule has 2 N–H and O–H groups in total. The summed E-state index contributed by atoms with van der Waals surface area (Å²) in [6.07, 6.45) is 59.0. The molecule has 0 aliphatic carbocycles. The molecule has 3 atom stereocenters. The number of carbonyl (C=O) groups excluding carboxylic acids is 3. The van der Waals surface area contributed by atoms with E-state index in [4.69, 9.17) is 23.3 Å². The van der Waals surface area contributed by atoms with Crippen molar-refractivity contribution in [2.45, 2.75) is 277 Å². The number of carbonyl (C=O) groups is 3. The molecule has 0 spiro atoms. The lowest BCUT2D eigenvalue weighted by molar-refractivity contribution is -0.161. The SMILES string of the molecule is CC/C=C\C/C=C\C/C=C\CCCCCC(=O)OC(CO)COP(=O)(O)OCC(COC(=O)CCCCCCC/C=C\C/C=C\CCC)OC(=O)CCCCCCCCCCCCCCCCCCCCC. The van der Waals surface area contributed by atoms with Gasteiger partial charge in [-0.3, -0.25) is 23.4 Å². The van der Waals surface area contributed by atoms with Crippen LogP contribution in [0.25, 0.3) is 0 Å². The summed E-state index contributed by atoms with van der Waals surface area (Å²) in [5, 5.41) is 9.80. The predicted molar refractivity (Wildman–Crippen MR) is 298 cm³/mol. The van der Waals surface area contributed by atoms with Gasteiger partial charge in [0, 0.05) is 19.3 Å². The van der Waals surface area contributed by atoms with Gasteiger partial charge in [0.05, 0.1) is 19.8 Å². The van der Waals surface area contributed by atoms with Gasteiger partial charge < -0.3 is 24.2 Å². The van der Waals surface area contributed by atoms with E-state index in [1.54, 1.807) is 0 Å². The van der Waals surface area contributed by atoms with Gasteiger partial charge in [0.15, 0.2) is 6.10 Å². The number of aliphatic hydroxyl groups excluding tert-OH is 1. The first kappa shape index (κ1) is 69.2. The Hall–Kier alpha value is -2.82. The standard InChI is InChI=1S/C60H107O11P/c1-4-7-10-13-16-19-22-25-26-27-28-29-30-33-36-39-42-45-48-51-60(64)71-57(53-67-58(62)49-46-43-40-37-34-31-23-20-17-14-11-8-5-2)55-69-72(65,66)68-54-56(52-61)70-59(63)50-47-44-41-38-35-32-24-21-18-15-12-9-6-3/h9,11-12,14,18,20-21,23,32,35,56-57,61H,4-8,10,13,15-17,19,22,24-31,33-34,36-55H2,1-3H3,(H,65,66)/b12-9-,14-11-,21-18-,23-20-,35-32-. The summed E-state index contributed by atoms with van der Waals surface area (Å²) in [7, 11) is -4.76. The molecule has 418 valence electrons. The van der Waals surface area contributed by atoms with Crippen LogP contribution in [0, 0.1) is 0 Å². The lowest BCUT2D eigenvalue weighted by atomic mass is 10.0. The minimum absolute atomic E-state index is 0.141. The fraction of sp³-hybridized carbons (Fsp3) is 0.783. The van der Waals surface area contributed by atoms with Crippen LogP contribution < -0.4 is 0 Å². The second kappa shape index (κ2) is 54.4. The molecule has 0 aliphatic heterocycles. The highest BCUT2D eigenvalue weighted by Gasteiger charge is 2.28. The number of phosphoric ester groups is 1. The average Bonchev–Trinajstić information content (AvgIpc) is 3.37. The van der Waals surface area contributed by atoms with Gasteiger partial charge in [-0.15, -0.1) is 0 Å². The Bertz CT molecular complexity index is 1440. The van der Waals surface area contributed by atoms with E-state index in [1.165, 1.54) is 103 Å². The van der Waals surface area contributed by atoms with Crippen molar-refractivity contribution in [1.29, 1.82) is 0 Å². The van der Waals surface area contributed by atoms with Crippen molar-refractivity contribution >= 4 is 25.7 Å². The van der Waals surface area contributed by atoms with E-state index < -0.39 is 57.8 Å². The first-order valence-corrected chi connectivity index (χ1v) is 30.7. The molecule has 0 fully saturated rings. The van der Waals surface area contributed by atoms with Crippen molar-refractivity contribution in [2.24, 2.45) is 0 Å². The van der Waals surface area contributed by atoms with Crippen molar-refractivity contribution in [3.8, 4) is 0 Å². The zero-order valence-corrected chi connectivity index (χ0v) is 47.0. The van der Waals surface area contributed by atoms with Crippen molar-refractivity contribution in [1.82, 2.24) is 0 Å². The van der Waals surface area contributed by atoms with Crippen LogP contribution in [-0.2, 0) is 42.2 Å². The maximum Gasteiger partial charge on any atom is 0.472 e. The molecule has 11 nitrogen and oxygen atoms in total. The summed E-state index contributed by atoms with van der Waals surface area (Å²) in [4.78, 5) is 48.5. The molecule has 72 heavy (non-hydrogen) atoms. The minimum atomic E-state index is -4.76. The summed E-state index contributed by atoms with van der Waals surface area (Å²) in [6, 6.07) is 0. The molecule has 0 aromatic heterocycles. The highest BCUT2D eigenvalue weighted by molar-refractivity contribution is 7.47. The van der Waals surface area contributed by atoms with Gasteiger partial charge in [0.2, 0.25) is 0 Å². The van der Waals surface area contributed by atoms with E-state index in [2.05, 4.69) is 81.5 Å². The molecule has 0 aliphatic rings. The van der Waals surface area contributed by atoms with E-state index in [-0.39, 0.29) is 25.9 Å². The number of rotatable bonds is 54. The smallest absolute Gasteiger partial charge is 0.462 e. The van der Waals surface area contributed by atoms with Crippen LogP contribution in [-0.4, -0.2) is 66.5 Å². The van der Waals surface area contributed by atoms with E-state index in [9.17, 15) is 28.9 Å². The number of aliphatic hydroxyl groups is 1. The molecule has 3 unspecified atom stereocenters. The Morgan fingerprint density at radius 3 is 1.18 bits per heavy atom. The van der Waals surface area contributed by atoms with Crippen LogP contribution in [0.15, 0.2) is 60.8 Å². The molecule has 0 radical (unpaired) electrons. The van der Waals surface area contributed by atoms with E-state index >= 15 is 0 Å². The lowest BCUT2D eigenvalue weighted by Gasteiger charge is -2.21. The Labute approximate surface area is 440 Å². The fourth-order valence-electron chi connectivity index (χ4n) is 8.00. The highest BCUT2D eigenvalue weighted by Crippen LogP contribution is 2.43. The lowest BCUT2D eigenvalue weighted by Crippen LogP contribution is -2.30. The number of ether oxygens (including phenoxy) is 3. The molecule has 0 aromatic carbocycles. The van der Waals surface area contributed by atoms with Crippen LogP contribution in [0.4, 0.5) is 0 Å². The van der Waals surface area contributed by atoms with Crippen molar-refractivity contribution in [3.05, 3.63) is 60.8 Å². The quantitative estimate of drug-likeness (QED) is 0.0197. The number of allylic oxidation sites excluding steroid dienone is 10. The van der Waals surface area contributed by atoms with Crippen molar-refractivity contribution in [2.75, 3.05) is 26.4 Å². The van der Waals surface area contributed by atoms with Crippen LogP contribution in [0.3, 0.4) is 0 Å². The number of unbranched alkanes of at least 4 members (excludes halogenated alkanes) is 27. The van der Waals surface area contributed by atoms with E-state index in [1.807, 2.05) is 0 Å². The second-order valence-corrected chi connectivity index (χ2v) is 20.9. The zero-order chi connectivity index (χ0) is 52.7. The topological polar surface area (TPSA) is 155 Å². The van der Waals surface area contributed by atoms with Gasteiger partial charge in [-0.2, -0.15) is 0 Å². The van der Waals surface area contributed by atoms with Gasteiger partial charge in [-0.1, -0.05) is 229 Å². The van der Waals surface area contributed by atoms with E-state index in [0.717, 1.165) is 103 Å². The first-order chi connectivity index (χ1) is 35.2. The monoisotopic (exact) mass is 1030 g/mol. The summed E-state index contributed by atoms with van der Waals surface area (Å²) in [5.41, 5.74) is 0. The molecule has 0 aromatic rings. The molecule has 0 saturated heterocycles. The summed E-state index contributed by atoms with van der Waals surface area (Å²) >= 11 is 0. The second-order valence-electron chi connectivity index (χ2n) is 19.4. The average molecular weight is 1040 g/mol. The largest absolute Gasteiger partial charge is 0.472 e. The maximum absolute atomic E-state index is 12.9. The minimum Gasteiger partial charge on any atom is -0.462 e. The third-order valence-corrected chi connectivity index (χ3v) is 13.4. The predicted octanol–water partition coefficient (Wildman–Crippen LogP) is 17.1. The van der Waals surface area contributed by atoms with Gasteiger partial charge in [0.1, 0.15) is 12.7 Å². The highest BCUT2D eigenvalue weighted by atomic mass is 31.2.